The predicted molar refractivity (Wildman–Crippen MR) is 49.4 cm³/mol. The number of esters is 1. The lowest BCUT2D eigenvalue weighted by Crippen LogP contribution is -2.09. The highest BCUT2D eigenvalue weighted by Gasteiger charge is 2.22. The highest BCUT2D eigenvalue weighted by Crippen LogP contribution is 2.13. The third kappa shape index (κ3) is 4.08. The number of hydrogen-bond donors (Lipinski definition) is 0. The Kier molecular flexibility index (Phi) is 3.96. The third-order valence-electron chi connectivity index (χ3n) is 1.92. The minimum atomic E-state index is -0.262. The van der Waals surface area contributed by atoms with Gasteiger partial charge in [0.25, 0.3) is 0 Å². The van der Waals surface area contributed by atoms with Crippen molar-refractivity contribution < 1.29 is 14.3 Å². The predicted octanol–water partition coefficient (Wildman–Crippen LogP) is 1.67. The summed E-state index contributed by atoms with van der Waals surface area (Å²) in [5.41, 5.74) is 0.569. The Balaban J connectivity index is 2.04. The maximum Gasteiger partial charge on any atom is 0.333 e. The van der Waals surface area contributed by atoms with Gasteiger partial charge in [0.05, 0.1) is 19.3 Å². The largest absolute Gasteiger partial charge is 0.462 e. The summed E-state index contributed by atoms with van der Waals surface area (Å²) >= 11 is 0. The van der Waals surface area contributed by atoms with Crippen molar-refractivity contribution in [3.63, 3.8) is 0 Å². The van der Waals surface area contributed by atoms with Gasteiger partial charge >= 0.3 is 5.97 Å². The molecule has 1 unspecified atom stereocenters. The summed E-state index contributed by atoms with van der Waals surface area (Å²) in [6.45, 7) is 6.93. The van der Waals surface area contributed by atoms with Crippen LogP contribution in [0.25, 0.3) is 0 Å². The standard InChI is InChI=1S/C10H16O3/c1-3-4-8(2)10(11)12-6-5-9-7-13-9/h9H,2-7H2,1H3. The lowest BCUT2D eigenvalue weighted by molar-refractivity contribution is -0.139. The van der Waals surface area contributed by atoms with Gasteiger partial charge in [-0.05, 0) is 6.42 Å². The fourth-order valence-corrected chi connectivity index (χ4v) is 1.02. The van der Waals surface area contributed by atoms with E-state index in [1.54, 1.807) is 0 Å². The normalized spacial score (nSPS) is 19.6. The Morgan fingerprint density at radius 3 is 2.92 bits per heavy atom. The van der Waals surface area contributed by atoms with Crippen LogP contribution >= 0.6 is 0 Å². The first kappa shape index (κ1) is 10.3. The van der Waals surface area contributed by atoms with E-state index in [4.69, 9.17) is 9.47 Å². The molecular weight excluding hydrogens is 168 g/mol. The molecule has 0 aliphatic carbocycles. The third-order valence-corrected chi connectivity index (χ3v) is 1.92. The van der Waals surface area contributed by atoms with Crippen LogP contribution in [0.15, 0.2) is 12.2 Å². The molecule has 3 heteroatoms. The number of hydrogen-bond acceptors (Lipinski definition) is 3. The van der Waals surface area contributed by atoms with Gasteiger partial charge in [-0.1, -0.05) is 19.9 Å². The summed E-state index contributed by atoms with van der Waals surface area (Å²) in [5, 5.41) is 0. The van der Waals surface area contributed by atoms with Gasteiger partial charge in [0.2, 0.25) is 0 Å². The maximum atomic E-state index is 11.2. The summed E-state index contributed by atoms with van der Waals surface area (Å²) in [6.07, 6.45) is 2.79. The summed E-state index contributed by atoms with van der Waals surface area (Å²) in [7, 11) is 0. The van der Waals surface area contributed by atoms with Crippen molar-refractivity contribution in [1.82, 2.24) is 0 Å². The zero-order valence-electron chi connectivity index (χ0n) is 8.04. The van der Waals surface area contributed by atoms with Crippen molar-refractivity contribution >= 4 is 5.97 Å². The highest BCUT2D eigenvalue weighted by atomic mass is 16.6. The molecule has 13 heavy (non-hydrogen) atoms. The first-order valence-electron chi connectivity index (χ1n) is 4.70. The minimum absolute atomic E-state index is 0.262. The first-order valence-corrected chi connectivity index (χ1v) is 4.70. The van der Waals surface area contributed by atoms with Gasteiger partial charge in [-0.2, -0.15) is 0 Å². The SMILES string of the molecule is C=C(CCC)C(=O)OCCC1CO1. The molecule has 0 amide bonds. The maximum absolute atomic E-state index is 11.2. The van der Waals surface area contributed by atoms with Crippen LogP contribution in [0.3, 0.4) is 0 Å². The van der Waals surface area contributed by atoms with Crippen molar-refractivity contribution in [3.05, 3.63) is 12.2 Å². The van der Waals surface area contributed by atoms with E-state index in [0.717, 1.165) is 25.9 Å². The molecule has 3 nitrogen and oxygen atoms in total. The smallest absolute Gasteiger partial charge is 0.333 e. The molecular formula is C10H16O3. The van der Waals surface area contributed by atoms with Crippen LogP contribution in [0.5, 0.6) is 0 Å². The summed E-state index contributed by atoms with van der Waals surface area (Å²) in [4.78, 5) is 11.2. The van der Waals surface area contributed by atoms with Gasteiger partial charge in [0.1, 0.15) is 0 Å². The van der Waals surface area contributed by atoms with Crippen LogP contribution in [0.1, 0.15) is 26.2 Å². The average Bonchev–Trinajstić information content (AvgIpc) is 2.88. The zero-order chi connectivity index (χ0) is 9.68. The lowest BCUT2D eigenvalue weighted by Gasteiger charge is -2.04. The fourth-order valence-electron chi connectivity index (χ4n) is 1.02. The summed E-state index contributed by atoms with van der Waals surface area (Å²) in [6, 6.07) is 0. The van der Waals surface area contributed by atoms with E-state index in [1.807, 2.05) is 6.92 Å². The molecule has 0 saturated carbocycles. The van der Waals surface area contributed by atoms with Crippen molar-refractivity contribution in [3.8, 4) is 0 Å². The van der Waals surface area contributed by atoms with Gasteiger partial charge in [0, 0.05) is 12.0 Å². The second kappa shape index (κ2) is 5.02. The van der Waals surface area contributed by atoms with Crippen LogP contribution in [0.2, 0.25) is 0 Å². The Bertz CT molecular complexity index is 194. The molecule has 1 heterocycles. The van der Waals surface area contributed by atoms with E-state index < -0.39 is 0 Å². The van der Waals surface area contributed by atoms with E-state index in [2.05, 4.69) is 6.58 Å². The molecule has 0 bridgehead atoms. The number of carbonyl (C=O) groups excluding carboxylic acids is 1. The molecule has 1 saturated heterocycles. The van der Waals surface area contributed by atoms with Crippen molar-refractivity contribution in [1.29, 1.82) is 0 Å². The zero-order valence-corrected chi connectivity index (χ0v) is 8.04. The Labute approximate surface area is 78.7 Å². The molecule has 74 valence electrons. The van der Waals surface area contributed by atoms with Gasteiger partial charge in [-0.15, -0.1) is 0 Å². The Morgan fingerprint density at radius 2 is 2.38 bits per heavy atom. The van der Waals surface area contributed by atoms with Crippen LogP contribution in [-0.2, 0) is 14.3 Å². The second-order valence-electron chi connectivity index (χ2n) is 3.23. The van der Waals surface area contributed by atoms with Gasteiger partial charge < -0.3 is 9.47 Å². The minimum Gasteiger partial charge on any atom is -0.462 e. The second-order valence-corrected chi connectivity index (χ2v) is 3.23. The molecule has 1 atom stereocenters. The molecule has 0 aromatic carbocycles. The Hall–Kier alpha value is -0.830. The van der Waals surface area contributed by atoms with Crippen molar-refractivity contribution in [2.45, 2.75) is 32.3 Å². The molecule has 0 aromatic rings. The van der Waals surface area contributed by atoms with E-state index in [1.165, 1.54) is 0 Å². The number of ether oxygens (including phenoxy) is 2. The average molecular weight is 184 g/mol. The number of epoxide rings is 1. The van der Waals surface area contributed by atoms with Gasteiger partial charge in [0.15, 0.2) is 0 Å². The van der Waals surface area contributed by atoms with E-state index in [9.17, 15) is 4.79 Å². The first-order chi connectivity index (χ1) is 6.24. The number of rotatable bonds is 6. The molecule has 1 rings (SSSR count). The molecule has 1 aliphatic rings. The molecule has 0 aromatic heterocycles. The Morgan fingerprint density at radius 1 is 1.69 bits per heavy atom. The van der Waals surface area contributed by atoms with Crippen LogP contribution in [0.4, 0.5) is 0 Å². The van der Waals surface area contributed by atoms with E-state index in [0.29, 0.717) is 18.3 Å². The topological polar surface area (TPSA) is 38.8 Å². The number of carbonyl (C=O) groups is 1. The van der Waals surface area contributed by atoms with E-state index >= 15 is 0 Å². The quantitative estimate of drug-likeness (QED) is 0.358. The lowest BCUT2D eigenvalue weighted by atomic mass is 10.2. The molecule has 0 spiro atoms. The molecule has 0 radical (unpaired) electrons. The summed E-state index contributed by atoms with van der Waals surface area (Å²) < 4.78 is 9.97. The fraction of sp³-hybridized carbons (Fsp3) is 0.700. The molecule has 1 aliphatic heterocycles. The summed E-state index contributed by atoms with van der Waals surface area (Å²) in [5.74, 6) is -0.262. The highest BCUT2D eigenvalue weighted by molar-refractivity contribution is 5.87. The monoisotopic (exact) mass is 184 g/mol. The molecule has 1 fully saturated rings. The van der Waals surface area contributed by atoms with E-state index in [-0.39, 0.29) is 5.97 Å². The van der Waals surface area contributed by atoms with Crippen LogP contribution in [0, 0.1) is 0 Å². The van der Waals surface area contributed by atoms with Crippen molar-refractivity contribution in [2.24, 2.45) is 0 Å². The van der Waals surface area contributed by atoms with Crippen LogP contribution in [-0.4, -0.2) is 25.3 Å². The molecule has 0 N–H and O–H groups in total. The van der Waals surface area contributed by atoms with Gasteiger partial charge in [-0.3, -0.25) is 0 Å². The van der Waals surface area contributed by atoms with Gasteiger partial charge in [-0.25, -0.2) is 4.79 Å². The van der Waals surface area contributed by atoms with Crippen molar-refractivity contribution in [2.75, 3.05) is 13.2 Å². The van der Waals surface area contributed by atoms with Crippen LogP contribution < -0.4 is 0 Å².